The fourth-order valence-electron chi connectivity index (χ4n) is 4.65. The fraction of sp³-hybridized carbons (Fsp3) is 0.824. The standard InChI is InChI=1S/C17H25N3O3/c1-12-18-15(23-19-12)14-10-20(16(21)13-4-2-3-5-13)11-17(14)6-8-22-9-7-17/h13-14H,2-11H2,1H3. The summed E-state index contributed by atoms with van der Waals surface area (Å²) in [5.74, 6) is 2.09. The van der Waals surface area contributed by atoms with E-state index in [9.17, 15) is 4.79 Å². The molecule has 6 nitrogen and oxygen atoms in total. The van der Waals surface area contributed by atoms with Crippen LogP contribution >= 0.6 is 0 Å². The minimum Gasteiger partial charge on any atom is -0.381 e. The third-order valence-corrected chi connectivity index (χ3v) is 5.99. The topological polar surface area (TPSA) is 68.5 Å². The maximum atomic E-state index is 12.9. The molecule has 0 bridgehead atoms. The molecule has 1 aromatic rings. The second-order valence-electron chi connectivity index (χ2n) is 7.41. The molecule has 2 saturated heterocycles. The number of carbonyl (C=O) groups excluding carboxylic acids is 1. The number of aromatic nitrogens is 2. The van der Waals surface area contributed by atoms with Crippen molar-refractivity contribution in [2.75, 3.05) is 26.3 Å². The average Bonchev–Trinajstić information content (AvgIpc) is 3.28. The van der Waals surface area contributed by atoms with E-state index in [1.54, 1.807) is 0 Å². The number of hydrogen-bond donors (Lipinski definition) is 0. The number of hydrogen-bond acceptors (Lipinski definition) is 5. The Morgan fingerprint density at radius 2 is 2.00 bits per heavy atom. The zero-order valence-electron chi connectivity index (χ0n) is 13.8. The van der Waals surface area contributed by atoms with E-state index in [1.165, 1.54) is 12.8 Å². The predicted molar refractivity (Wildman–Crippen MR) is 82.8 cm³/mol. The van der Waals surface area contributed by atoms with E-state index in [0.717, 1.165) is 52.0 Å². The van der Waals surface area contributed by atoms with Crippen molar-refractivity contribution in [2.45, 2.75) is 51.4 Å². The Bertz CT molecular complexity index is 573. The molecule has 6 heteroatoms. The van der Waals surface area contributed by atoms with Crippen molar-refractivity contribution in [1.82, 2.24) is 15.0 Å². The Morgan fingerprint density at radius 3 is 2.65 bits per heavy atom. The number of rotatable bonds is 2. The maximum absolute atomic E-state index is 12.9. The van der Waals surface area contributed by atoms with Gasteiger partial charge in [-0.05, 0) is 32.6 Å². The smallest absolute Gasteiger partial charge is 0.232 e. The predicted octanol–water partition coefficient (Wildman–Crippen LogP) is 2.29. The van der Waals surface area contributed by atoms with Crippen LogP contribution in [0.1, 0.15) is 56.2 Å². The molecular formula is C17H25N3O3. The zero-order valence-corrected chi connectivity index (χ0v) is 13.8. The molecule has 1 unspecified atom stereocenters. The third kappa shape index (κ3) is 2.67. The van der Waals surface area contributed by atoms with E-state index in [-0.39, 0.29) is 17.3 Å². The van der Waals surface area contributed by atoms with Crippen LogP contribution in [-0.2, 0) is 9.53 Å². The molecule has 126 valence electrons. The molecule has 1 amide bonds. The van der Waals surface area contributed by atoms with Crippen LogP contribution in [0.4, 0.5) is 0 Å². The van der Waals surface area contributed by atoms with Gasteiger partial charge >= 0.3 is 0 Å². The molecule has 0 aromatic carbocycles. The molecule has 4 rings (SSSR count). The van der Waals surface area contributed by atoms with E-state index < -0.39 is 0 Å². The Labute approximate surface area is 136 Å². The van der Waals surface area contributed by atoms with Crippen molar-refractivity contribution in [3.63, 3.8) is 0 Å². The van der Waals surface area contributed by atoms with Gasteiger partial charge in [0.15, 0.2) is 5.82 Å². The molecule has 3 fully saturated rings. The van der Waals surface area contributed by atoms with Crippen LogP contribution in [0.3, 0.4) is 0 Å². The number of nitrogens with zero attached hydrogens (tertiary/aromatic N) is 3. The summed E-state index contributed by atoms with van der Waals surface area (Å²) in [5, 5.41) is 3.97. The van der Waals surface area contributed by atoms with Crippen molar-refractivity contribution < 1.29 is 14.1 Å². The lowest BCUT2D eigenvalue weighted by molar-refractivity contribution is -0.135. The number of aryl methyl sites for hydroxylation is 1. The van der Waals surface area contributed by atoms with E-state index in [1.807, 2.05) is 6.92 Å². The Hall–Kier alpha value is -1.43. The van der Waals surface area contributed by atoms with Crippen molar-refractivity contribution in [3.05, 3.63) is 11.7 Å². The maximum Gasteiger partial charge on any atom is 0.232 e. The van der Waals surface area contributed by atoms with Crippen molar-refractivity contribution in [1.29, 1.82) is 0 Å². The van der Waals surface area contributed by atoms with Crippen LogP contribution in [-0.4, -0.2) is 47.3 Å². The van der Waals surface area contributed by atoms with Crippen LogP contribution in [0.25, 0.3) is 0 Å². The summed E-state index contributed by atoms with van der Waals surface area (Å²) >= 11 is 0. The van der Waals surface area contributed by atoms with Gasteiger partial charge in [-0.25, -0.2) is 0 Å². The molecule has 1 aliphatic carbocycles. The van der Waals surface area contributed by atoms with Crippen molar-refractivity contribution >= 4 is 5.91 Å². The summed E-state index contributed by atoms with van der Waals surface area (Å²) in [7, 11) is 0. The monoisotopic (exact) mass is 319 g/mol. The van der Waals surface area contributed by atoms with E-state index in [4.69, 9.17) is 9.26 Å². The molecule has 0 N–H and O–H groups in total. The first kappa shape index (κ1) is 15.1. The molecule has 0 radical (unpaired) electrons. The van der Waals surface area contributed by atoms with E-state index >= 15 is 0 Å². The summed E-state index contributed by atoms with van der Waals surface area (Å²) in [4.78, 5) is 19.4. The summed E-state index contributed by atoms with van der Waals surface area (Å²) in [6.07, 6.45) is 6.41. The van der Waals surface area contributed by atoms with Gasteiger partial charge < -0.3 is 14.2 Å². The third-order valence-electron chi connectivity index (χ3n) is 5.99. The summed E-state index contributed by atoms with van der Waals surface area (Å²) in [6, 6.07) is 0. The highest BCUT2D eigenvalue weighted by molar-refractivity contribution is 5.79. The Morgan fingerprint density at radius 1 is 1.26 bits per heavy atom. The molecule has 23 heavy (non-hydrogen) atoms. The Balaban J connectivity index is 1.59. The number of likely N-dealkylation sites (tertiary alicyclic amines) is 1. The van der Waals surface area contributed by atoms with Gasteiger partial charge in [0.25, 0.3) is 0 Å². The minimum atomic E-state index is 0.0471. The minimum absolute atomic E-state index is 0.0471. The second kappa shape index (κ2) is 5.89. The molecule has 1 aromatic heterocycles. The Kier molecular flexibility index (Phi) is 3.87. The van der Waals surface area contributed by atoms with Gasteiger partial charge in [0.2, 0.25) is 11.8 Å². The van der Waals surface area contributed by atoms with Gasteiger partial charge in [-0.15, -0.1) is 0 Å². The van der Waals surface area contributed by atoms with Gasteiger partial charge in [-0.3, -0.25) is 4.79 Å². The fourth-order valence-corrected chi connectivity index (χ4v) is 4.65. The first-order chi connectivity index (χ1) is 11.2. The van der Waals surface area contributed by atoms with Gasteiger partial charge in [-0.1, -0.05) is 18.0 Å². The summed E-state index contributed by atoms with van der Waals surface area (Å²) in [5.41, 5.74) is 0.0471. The van der Waals surface area contributed by atoms with Crippen molar-refractivity contribution in [2.24, 2.45) is 11.3 Å². The van der Waals surface area contributed by atoms with Crippen LogP contribution in [0.5, 0.6) is 0 Å². The number of amides is 1. The lowest BCUT2D eigenvalue weighted by Gasteiger charge is -2.36. The van der Waals surface area contributed by atoms with Crippen LogP contribution in [0.15, 0.2) is 4.52 Å². The normalized spacial score (nSPS) is 27.9. The molecule has 3 heterocycles. The average molecular weight is 319 g/mol. The lowest BCUT2D eigenvalue weighted by Crippen LogP contribution is -2.38. The quantitative estimate of drug-likeness (QED) is 0.836. The van der Waals surface area contributed by atoms with Crippen LogP contribution in [0, 0.1) is 18.3 Å². The second-order valence-corrected chi connectivity index (χ2v) is 7.41. The van der Waals surface area contributed by atoms with Gasteiger partial charge in [0.05, 0.1) is 5.92 Å². The number of carbonyl (C=O) groups is 1. The highest BCUT2D eigenvalue weighted by atomic mass is 16.5. The van der Waals surface area contributed by atoms with Gasteiger partial charge in [-0.2, -0.15) is 4.98 Å². The molecule has 1 spiro atoms. The highest BCUT2D eigenvalue weighted by Crippen LogP contribution is 2.49. The highest BCUT2D eigenvalue weighted by Gasteiger charge is 2.52. The largest absolute Gasteiger partial charge is 0.381 e. The zero-order chi connectivity index (χ0) is 15.9. The SMILES string of the molecule is Cc1noc(C2CN(C(=O)C3CCCC3)CC23CCOCC3)n1. The van der Waals surface area contributed by atoms with Crippen molar-refractivity contribution in [3.8, 4) is 0 Å². The first-order valence-electron chi connectivity index (χ1n) is 8.85. The molecule has 1 atom stereocenters. The van der Waals surface area contributed by atoms with E-state index in [0.29, 0.717) is 17.6 Å². The molecule has 1 saturated carbocycles. The van der Waals surface area contributed by atoms with E-state index in [2.05, 4.69) is 15.0 Å². The number of ether oxygens (including phenoxy) is 1. The molecular weight excluding hydrogens is 294 g/mol. The summed E-state index contributed by atoms with van der Waals surface area (Å²) in [6.45, 7) is 4.90. The van der Waals surface area contributed by atoms with Crippen LogP contribution < -0.4 is 0 Å². The summed E-state index contributed by atoms with van der Waals surface area (Å²) < 4.78 is 11.1. The van der Waals surface area contributed by atoms with Gasteiger partial charge in [0.1, 0.15) is 0 Å². The van der Waals surface area contributed by atoms with Gasteiger partial charge in [0, 0.05) is 37.6 Å². The van der Waals surface area contributed by atoms with Crippen LogP contribution in [0.2, 0.25) is 0 Å². The first-order valence-corrected chi connectivity index (χ1v) is 8.85. The lowest BCUT2D eigenvalue weighted by atomic mass is 9.72. The molecule has 2 aliphatic heterocycles. The molecule has 3 aliphatic rings.